The van der Waals surface area contributed by atoms with Gasteiger partial charge in [-0.3, -0.25) is 0 Å². The summed E-state index contributed by atoms with van der Waals surface area (Å²) >= 11 is 0. The Morgan fingerprint density at radius 2 is 1.53 bits per heavy atom. The Balaban J connectivity index is 2.08. The van der Waals surface area contributed by atoms with Gasteiger partial charge in [-0.15, -0.1) is 0 Å². The highest BCUT2D eigenvalue weighted by atomic mass is 16.5. The van der Waals surface area contributed by atoms with Gasteiger partial charge in [-0.2, -0.15) is 0 Å². The van der Waals surface area contributed by atoms with Gasteiger partial charge in [0.15, 0.2) is 0 Å². The highest BCUT2D eigenvalue weighted by Gasteiger charge is 1.99. The molecule has 1 aromatic carbocycles. The SMILES string of the molecule is COc1ccc(Cc2cnc(OC)nc2)cc1. The van der Waals surface area contributed by atoms with Crippen LogP contribution in [0.3, 0.4) is 0 Å². The van der Waals surface area contributed by atoms with E-state index in [0.717, 1.165) is 17.7 Å². The number of rotatable bonds is 4. The first kappa shape index (κ1) is 11.4. The third-order valence-electron chi connectivity index (χ3n) is 2.43. The Morgan fingerprint density at radius 1 is 0.882 bits per heavy atom. The number of nitrogens with zero attached hydrogens (tertiary/aromatic N) is 2. The summed E-state index contributed by atoms with van der Waals surface area (Å²) in [5.74, 6) is 0.861. The van der Waals surface area contributed by atoms with Gasteiger partial charge in [-0.25, -0.2) is 9.97 Å². The van der Waals surface area contributed by atoms with Gasteiger partial charge in [0.05, 0.1) is 14.2 Å². The van der Waals surface area contributed by atoms with Crippen LogP contribution in [0, 0.1) is 0 Å². The van der Waals surface area contributed by atoms with Gasteiger partial charge >= 0.3 is 6.01 Å². The zero-order valence-corrected chi connectivity index (χ0v) is 9.88. The smallest absolute Gasteiger partial charge is 0.316 e. The molecule has 0 amide bonds. The summed E-state index contributed by atoms with van der Waals surface area (Å²) in [6.07, 6.45) is 4.35. The van der Waals surface area contributed by atoms with E-state index in [2.05, 4.69) is 9.97 Å². The van der Waals surface area contributed by atoms with Gasteiger partial charge in [0, 0.05) is 18.8 Å². The van der Waals surface area contributed by atoms with Crippen LogP contribution in [0.1, 0.15) is 11.1 Å². The molecule has 0 radical (unpaired) electrons. The number of benzene rings is 1. The molecule has 17 heavy (non-hydrogen) atoms. The van der Waals surface area contributed by atoms with Crippen molar-refractivity contribution in [2.45, 2.75) is 6.42 Å². The van der Waals surface area contributed by atoms with Crippen LogP contribution in [0.4, 0.5) is 0 Å². The Hall–Kier alpha value is -2.10. The van der Waals surface area contributed by atoms with Gasteiger partial charge in [-0.1, -0.05) is 12.1 Å². The lowest BCUT2D eigenvalue weighted by Crippen LogP contribution is -1.95. The number of hydrogen-bond donors (Lipinski definition) is 0. The van der Waals surface area contributed by atoms with E-state index >= 15 is 0 Å². The zero-order valence-electron chi connectivity index (χ0n) is 9.88. The van der Waals surface area contributed by atoms with Gasteiger partial charge in [0.25, 0.3) is 0 Å². The van der Waals surface area contributed by atoms with E-state index < -0.39 is 0 Å². The summed E-state index contributed by atoms with van der Waals surface area (Å²) in [6.45, 7) is 0. The van der Waals surface area contributed by atoms with Crippen LogP contribution in [-0.2, 0) is 6.42 Å². The zero-order chi connectivity index (χ0) is 12.1. The summed E-state index contributed by atoms with van der Waals surface area (Å²) in [6, 6.07) is 8.34. The van der Waals surface area contributed by atoms with E-state index in [-0.39, 0.29) is 0 Å². The van der Waals surface area contributed by atoms with Gasteiger partial charge in [-0.05, 0) is 23.3 Å². The molecule has 0 fully saturated rings. The number of hydrogen-bond acceptors (Lipinski definition) is 4. The maximum absolute atomic E-state index is 5.11. The minimum Gasteiger partial charge on any atom is -0.497 e. The summed E-state index contributed by atoms with van der Waals surface area (Å²) < 4.78 is 10.0. The molecule has 0 aliphatic rings. The lowest BCUT2D eigenvalue weighted by Gasteiger charge is -2.04. The standard InChI is InChI=1S/C13H14N2O2/c1-16-12-5-3-10(4-6-12)7-11-8-14-13(17-2)15-9-11/h3-6,8-9H,7H2,1-2H3. The van der Waals surface area contributed by atoms with Crippen molar-refractivity contribution in [1.29, 1.82) is 0 Å². The fourth-order valence-corrected chi connectivity index (χ4v) is 1.52. The van der Waals surface area contributed by atoms with E-state index in [1.165, 1.54) is 5.56 Å². The van der Waals surface area contributed by atoms with E-state index in [9.17, 15) is 0 Å². The molecule has 2 aromatic rings. The molecular weight excluding hydrogens is 216 g/mol. The van der Waals surface area contributed by atoms with Crippen LogP contribution < -0.4 is 9.47 Å². The maximum atomic E-state index is 5.11. The first-order chi connectivity index (χ1) is 8.31. The molecule has 4 heteroatoms. The van der Waals surface area contributed by atoms with E-state index in [4.69, 9.17) is 9.47 Å². The second kappa shape index (κ2) is 5.30. The fourth-order valence-electron chi connectivity index (χ4n) is 1.52. The van der Waals surface area contributed by atoms with Crippen LogP contribution in [0.2, 0.25) is 0 Å². The first-order valence-corrected chi connectivity index (χ1v) is 5.29. The Bertz CT molecular complexity index is 420. The molecule has 0 spiro atoms. The largest absolute Gasteiger partial charge is 0.497 e. The van der Waals surface area contributed by atoms with Gasteiger partial charge in [0.2, 0.25) is 0 Å². The van der Waals surface area contributed by atoms with E-state index in [1.54, 1.807) is 26.6 Å². The van der Waals surface area contributed by atoms with Crippen molar-refractivity contribution >= 4 is 0 Å². The van der Waals surface area contributed by atoms with Crippen LogP contribution in [0.15, 0.2) is 36.7 Å². The molecule has 0 aliphatic carbocycles. The van der Waals surface area contributed by atoms with Crippen LogP contribution in [0.5, 0.6) is 11.8 Å². The molecule has 0 saturated heterocycles. The third kappa shape index (κ3) is 2.93. The van der Waals surface area contributed by atoms with Crippen molar-refractivity contribution in [2.75, 3.05) is 14.2 Å². The second-order valence-corrected chi connectivity index (χ2v) is 3.60. The monoisotopic (exact) mass is 230 g/mol. The Kier molecular flexibility index (Phi) is 3.55. The topological polar surface area (TPSA) is 44.2 Å². The lowest BCUT2D eigenvalue weighted by molar-refractivity contribution is 0.379. The average Bonchev–Trinajstić information content (AvgIpc) is 2.40. The molecule has 2 rings (SSSR count). The predicted octanol–water partition coefficient (Wildman–Crippen LogP) is 2.08. The molecule has 0 unspecified atom stereocenters. The molecule has 0 bridgehead atoms. The molecule has 1 heterocycles. The Labute approximate surface area is 100 Å². The first-order valence-electron chi connectivity index (χ1n) is 5.29. The average molecular weight is 230 g/mol. The fraction of sp³-hybridized carbons (Fsp3) is 0.231. The highest BCUT2D eigenvalue weighted by Crippen LogP contribution is 2.14. The molecule has 0 N–H and O–H groups in total. The molecule has 0 aliphatic heterocycles. The van der Waals surface area contributed by atoms with Crippen molar-refractivity contribution < 1.29 is 9.47 Å². The van der Waals surface area contributed by atoms with Crippen LogP contribution in [-0.4, -0.2) is 24.2 Å². The molecule has 1 aromatic heterocycles. The number of methoxy groups -OCH3 is 2. The summed E-state index contributed by atoms with van der Waals surface area (Å²) in [4.78, 5) is 8.14. The van der Waals surface area contributed by atoms with Gasteiger partial charge < -0.3 is 9.47 Å². The van der Waals surface area contributed by atoms with Crippen molar-refractivity contribution in [3.05, 3.63) is 47.8 Å². The quantitative estimate of drug-likeness (QED) is 0.806. The highest BCUT2D eigenvalue weighted by molar-refractivity contribution is 5.30. The lowest BCUT2D eigenvalue weighted by atomic mass is 10.1. The molecule has 0 saturated carbocycles. The van der Waals surface area contributed by atoms with Crippen molar-refractivity contribution in [3.63, 3.8) is 0 Å². The second-order valence-electron chi connectivity index (χ2n) is 3.60. The minimum atomic E-state index is 0.392. The molecule has 88 valence electrons. The summed E-state index contributed by atoms with van der Waals surface area (Å²) in [5, 5.41) is 0. The Morgan fingerprint density at radius 3 is 2.06 bits per heavy atom. The maximum Gasteiger partial charge on any atom is 0.316 e. The van der Waals surface area contributed by atoms with Gasteiger partial charge in [0.1, 0.15) is 5.75 Å². The minimum absolute atomic E-state index is 0.392. The predicted molar refractivity (Wildman–Crippen MR) is 64.4 cm³/mol. The third-order valence-corrected chi connectivity index (χ3v) is 2.43. The molecule has 0 atom stereocenters. The van der Waals surface area contributed by atoms with E-state index in [0.29, 0.717) is 6.01 Å². The summed E-state index contributed by atoms with van der Waals surface area (Å²) in [7, 11) is 3.21. The number of aromatic nitrogens is 2. The van der Waals surface area contributed by atoms with Crippen molar-refractivity contribution in [1.82, 2.24) is 9.97 Å². The summed E-state index contributed by atoms with van der Waals surface area (Å²) in [5.41, 5.74) is 2.25. The van der Waals surface area contributed by atoms with Crippen LogP contribution >= 0.6 is 0 Å². The van der Waals surface area contributed by atoms with E-state index in [1.807, 2.05) is 24.3 Å². The number of ether oxygens (including phenoxy) is 2. The molecule has 4 nitrogen and oxygen atoms in total. The molecular formula is C13H14N2O2. The van der Waals surface area contributed by atoms with Crippen molar-refractivity contribution in [2.24, 2.45) is 0 Å². The normalized spacial score (nSPS) is 10.0. The van der Waals surface area contributed by atoms with Crippen molar-refractivity contribution in [3.8, 4) is 11.8 Å². The van der Waals surface area contributed by atoms with Crippen LogP contribution in [0.25, 0.3) is 0 Å².